The van der Waals surface area contributed by atoms with Crippen LogP contribution in [0.25, 0.3) is 22.7 Å². The number of hydrogen-bond acceptors (Lipinski definition) is 18. The molecule has 0 bridgehead atoms. The molecule has 0 saturated carbocycles. The minimum absolute atomic E-state index is 0.000264. The van der Waals surface area contributed by atoms with Crippen molar-refractivity contribution >= 4 is 202 Å². The van der Waals surface area contributed by atoms with E-state index in [9.17, 15) is 69.9 Å². The van der Waals surface area contributed by atoms with Gasteiger partial charge in [0.25, 0.3) is 5.25 Å². The fourth-order valence-electron chi connectivity index (χ4n) is 8.94. The Kier molecular flexibility index (Phi) is 28.3. The molecule has 9 rings (SSSR count). The third kappa shape index (κ3) is 19.8. The van der Waals surface area contributed by atoms with Crippen molar-refractivity contribution in [2.24, 2.45) is 16.6 Å². The maximum Gasteiger partial charge on any atom is 0.416 e. The average Bonchev–Trinajstić information content (AvgIpc) is 1.64. The van der Waals surface area contributed by atoms with E-state index in [1.807, 2.05) is 0 Å². The van der Waals surface area contributed by atoms with Crippen LogP contribution in [0.5, 0.6) is 0 Å². The monoisotopic (exact) mass is 1730 g/mol. The van der Waals surface area contributed by atoms with Crippen molar-refractivity contribution < 1.29 is 84.6 Å². The Bertz CT molecular complexity index is 4550. The van der Waals surface area contributed by atoms with Gasteiger partial charge in [-0.15, -0.1) is 11.8 Å². The van der Waals surface area contributed by atoms with Crippen molar-refractivity contribution in [3.05, 3.63) is 134 Å². The van der Waals surface area contributed by atoms with E-state index < -0.39 is 89.6 Å². The first-order valence-electron chi connectivity index (χ1n) is 27.6. The van der Waals surface area contributed by atoms with Crippen LogP contribution in [0, 0.1) is 0 Å². The molecular weight excluding hydrogens is 1690 g/mol. The standard InChI is InChI=1S/C15H14Cl2F3N3O2S.C14H13Cl2F3N4O2S.C13H9Cl2F5N4S2.C13H11Cl2F3N4OS2/c1-14(24-3-4-25-14)12-11(26-2)13(21)23(22-12)10-8(16)5-7(6-9(10)17)15(18,19)20;1-3-20-13-12(26(2)25)10(6-21-24)22-23(13)11-8(15)4-7(5-9(11)16)14(17,18)19;1-12(16,17)26-9-7(11(22)25)23-24(10(9)21)8-5(14)2-4(3-6(8)15)13(18,19)20;1-2-25(23)10-8(12(20)24)21-22(11(10)19)9-6(14)3-5(4-7(9)15)13(16,17)18/h5-6H,3-4,21H2,1-2H3;4-6,20,24H,3H2,1-2H3;2-3H,21H2,1H3,(H2,22,25);3-4H,2,19H2,1H3,(H2,20,24)/b;21-6+;;. The highest BCUT2D eigenvalue weighted by Gasteiger charge is 2.42. The predicted molar refractivity (Wildman–Crippen MR) is 380 cm³/mol. The van der Waals surface area contributed by atoms with Gasteiger partial charge in [-0.2, -0.15) is 81.9 Å². The SMILES string of the molecule is CC(F)(F)Sc1c(C(N)=S)nn(-c2c(Cl)cc(C(F)(F)F)cc2Cl)c1N.CCNc1c(S(C)=O)c(/C=N/O)nn1-c1c(Cl)cc(C(F)(F)F)cc1Cl.CCS(=O)c1c(C(N)=S)nn(-c2c(Cl)cc(C(F)(F)F)cc2Cl)c1N.CSc1c(C2(C)OCCO2)nn(-c2c(Cl)cc(C(F)(F)F)cc2Cl)c1N. The zero-order valence-corrected chi connectivity index (χ0v) is 63.2. The maximum absolute atomic E-state index is 13.4. The Morgan fingerprint density at radius 3 is 1.25 bits per heavy atom. The number of alkyl halides is 14. The highest BCUT2D eigenvalue weighted by atomic mass is 35.5. The summed E-state index contributed by atoms with van der Waals surface area (Å²) >= 11 is 58.9. The quantitative estimate of drug-likeness (QED) is 0.0118. The number of benzene rings is 4. The van der Waals surface area contributed by atoms with Crippen molar-refractivity contribution in [3.8, 4) is 22.7 Å². The normalized spacial score (nSPS) is 14.0. The average molecular weight is 1740 g/mol. The molecule has 12 N–H and O–H groups in total. The van der Waals surface area contributed by atoms with Gasteiger partial charge in [-0.05, 0) is 80.4 Å². The van der Waals surface area contributed by atoms with E-state index in [0.29, 0.717) is 61.5 Å². The molecule has 103 heavy (non-hydrogen) atoms. The lowest BCUT2D eigenvalue weighted by molar-refractivity contribution is -0.154. The van der Waals surface area contributed by atoms with E-state index in [1.54, 1.807) is 27.0 Å². The van der Waals surface area contributed by atoms with E-state index in [0.717, 1.165) is 44.5 Å². The summed E-state index contributed by atoms with van der Waals surface area (Å²) in [5.41, 5.74) is 24.9. The second kappa shape index (κ2) is 33.7. The lowest BCUT2D eigenvalue weighted by Gasteiger charge is -2.20. The zero-order chi connectivity index (χ0) is 78.0. The number of nitrogen functional groups attached to an aromatic ring is 3. The van der Waals surface area contributed by atoms with E-state index >= 15 is 0 Å². The Hall–Kier alpha value is -5.57. The van der Waals surface area contributed by atoms with E-state index in [4.69, 9.17) is 161 Å². The molecular formula is C55H47Cl8F14N15O5S6. The van der Waals surface area contributed by atoms with E-state index in [1.165, 1.54) is 22.7 Å². The predicted octanol–water partition coefficient (Wildman–Crippen LogP) is 17.6. The van der Waals surface area contributed by atoms with Gasteiger partial charge in [0.1, 0.15) is 88.6 Å². The Morgan fingerprint density at radius 1 is 0.602 bits per heavy atom. The number of oxime groups is 1. The molecule has 1 aliphatic rings. The van der Waals surface area contributed by atoms with Crippen LogP contribution in [0.3, 0.4) is 0 Å². The summed E-state index contributed by atoms with van der Waals surface area (Å²) in [7, 11) is -3.11. The Balaban J connectivity index is 0.000000216. The smallest absolute Gasteiger partial charge is 0.411 e. The maximum atomic E-state index is 13.4. The summed E-state index contributed by atoms with van der Waals surface area (Å²) in [5.74, 6) is -0.972. The number of aromatic nitrogens is 8. The highest BCUT2D eigenvalue weighted by Crippen LogP contribution is 2.48. The number of ether oxygens (including phenoxy) is 2. The van der Waals surface area contributed by atoms with E-state index in [-0.39, 0.29) is 135 Å². The minimum Gasteiger partial charge on any atom is -0.411 e. The second-order valence-electron chi connectivity index (χ2n) is 20.4. The molecule has 4 aromatic carbocycles. The molecule has 1 saturated heterocycles. The van der Waals surface area contributed by atoms with Gasteiger partial charge >= 0.3 is 24.7 Å². The summed E-state index contributed by atoms with van der Waals surface area (Å²) in [4.78, 5) is 0.111. The molecule has 0 radical (unpaired) electrons. The van der Waals surface area contributed by atoms with Gasteiger partial charge in [-0.25, -0.2) is 18.7 Å². The van der Waals surface area contributed by atoms with Crippen LogP contribution in [0.15, 0.2) is 73.3 Å². The van der Waals surface area contributed by atoms with Crippen LogP contribution < -0.4 is 34.0 Å². The van der Waals surface area contributed by atoms with Crippen LogP contribution in [0.4, 0.5) is 84.7 Å². The molecule has 20 nitrogen and oxygen atoms in total. The molecule has 0 spiro atoms. The number of nitrogens with zero attached hydrogens (tertiary/aromatic N) is 9. The lowest BCUT2D eigenvalue weighted by atomic mass is 10.2. The van der Waals surface area contributed by atoms with Crippen LogP contribution >= 0.6 is 141 Å². The van der Waals surface area contributed by atoms with E-state index in [2.05, 4.69) is 30.9 Å². The molecule has 5 heterocycles. The molecule has 562 valence electrons. The van der Waals surface area contributed by atoms with Gasteiger partial charge in [-0.1, -0.05) is 129 Å². The molecule has 1 fully saturated rings. The number of halogens is 22. The first-order valence-corrected chi connectivity index (χ1v) is 36.3. The highest BCUT2D eigenvalue weighted by molar-refractivity contribution is 8.00. The van der Waals surface area contributed by atoms with Gasteiger partial charge in [0.05, 0.1) is 113 Å². The molecule has 2 atom stereocenters. The Morgan fingerprint density at radius 2 is 0.942 bits per heavy atom. The summed E-state index contributed by atoms with van der Waals surface area (Å²) in [6.45, 7) is 6.89. The first-order chi connectivity index (χ1) is 47.4. The van der Waals surface area contributed by atoms with Crippen molar-refractivity contribution in [1.29, 1.82) is 0 Å². The van der Waals surface area contributed by atoms with Gasteiger partial charge in [0, 0.05) is 25.5 Å². The molecule has 0 aliphatic carbocycles. The van der Waals surface area contributed by atoms with Gasteiger partial charge in [-0.3, -0.25) is 8.42 Å². The first kappa shape index (κ1) is 86.4. The van der Waals surface area contributed by atoms with Crippen molar-refractivity contribution in [2.45, 2.75) is 83.0 Å². The van der Waals surface area contributed by atoms with Gasteiger partial charge < -0.3 is 48.7 Å². The number of hydrogen-bond donors (Lipinski definition) is 7. The van der Waals surface area contributed by atoms with Crippen LogP contribution in [-0.4, -0.2) is 112 Å². The van der Waals surface area contributed by atoms with Crippen molar-refractivity contribution in [2.75, 3.05) is 60.5 Å². The van der Waals surface area contributed by atoms with Gasteiger partial charge in [0.15, 0.2) is 0 Å². The van der Waals surface area contributed by atoms with Crippen molar-refractivity contribution in [1.82, 2.24) is 39.1 Å². The largest absolute Gasteiger partial charge is 0.416 e. The van der Waals surface area contributed by atoms with Crippen LogP contribution in [-0.2, 0) is 61.6 Å². The summed E-state index contributed by atoms with van der Waals surface area (Å²) in [6, 6.07) is 5.64. The number of nitrogens with two attached hydrogens (primary N) is 5. The number of nitrogens with one attached hydrogen (secondary N) is 1. The fourth-order valence-corrected chi connectivity index (χ4v) is 15.2. The summed E-state index contributed by atoms with van der Waals surface area (Å²) < 4.78 is 221. The number of thioether (sulfide) groups is 2. The zero-order valence-electron chi connectivity index (χ0n) is 52.3. The lowest BCUT2D eigenvalue weighted by Crippen LogP contribution is -2.24. The van der Waals surface area contributed by atoms with Crippen LogP contribution in [0.1, 0.15) is 72.7 Å². The minimum atomic E-state index is -4.68. The molecule has 2 unspecified atom stereocenters. The second-order valence-corrected chi connectivity index (χ2v) is 29.7. The summed E-state index contributed by atoms with van der Waals surface area (Å²) in [6.07, 6.45) is -14.4. The molecule has 8 aromatic rings. The number of anilines is 4. The molecule has 1 aliphatic heterocycles. The number of thiocarbonyl (C=S) groups is 2. The topological polar surface area (TPSA) is 299 Å². The van der Waals surface area contributed by atoms with Gasteiger partial charge in [0.2, 0.25) is 5.79 Å². The fraction of sp³-hybridized carbons (Fsp3) is 0.291. The third-order valence-corrected chi connectivity index (χ3v) is 20.1. The third-order valence-electron chi connectivity index (χ3n) is 13.2. The summed E-state index contributed by atoms with van der Waals surface area (Å²) in [5, 5.41) is 25.2. The molecule has 48 heteroatoms. The molecule has 0 amide bonds. The number of rotatable bonds is 16. The molecule has 4 aromatic heterocycles. The van der Waals surface area contributed by atoms with Crippen molar-refractivity contribution in [3.63, 3.8) is 0 Å². The van der Waals surface area contributed by atoms with Crippen LogP contribution in [0.2, 0.25) is 40.2 Å². The Labute approximate surface area is 637 Å².